The number of allylic oxidation sites excluding steroid dienone is 1. The summed E-state index contributed by atoms with van der Waals surface area (Å²) in [5.74, 6) is 0.432. The van der Waals surface area contributed by atoms with E-state index in [1.54, 1.807) is 18.2 Å². The van der Waals surface area contributed by atoms with Gasteiger partial charge in [0.25, 0.3) is 5.91 Å². The van der Waals surface area contributed by atoms with E-state index in [4.69, 9.17) is 18.9 Å². The summed E-state index contributed by atoms with van der Waals surface area (Å²) in [6.07, 6.45) is -0.212. The molecular formula is C21H23Br4N3O9S. The number of methoxy groups -OCH3 is 1. The minimum absolute atomic E-state index is 0.0511. The Morgan fingerprint density at radius 2 is 1.95 bits per heavy atom. The Balaban J connectivity index is 1.47. The second-order valence-corrected chi connectivity index (χ2v) is 12.8. The van der Waals surface area contributed by atoms with Crippen LogP contribution in [0, 0.1) is 0 Å². The number of carbonyl (C=O) groups is 1. The SMILES string of the molecule is COC1=C(Br)[C@H](O)[C@@]2(C=C1Br)CC(C(=O)NCCCOc1c(Br)cc([C@H](O)CNS(=O)(=O)O)cc1Br)=NO2. The molecule has 0 radical (unpaired) electrons. The number of hydrogen-bond acceptors (Lipinski definition) is 9. The van der Waals surface area contributed by atoms with E-state index in [0.717, 1.165) is 0 Å². The lowest BCUT2D eigenvalue weighted by Gasteiger charge is -2.33. The largest absolute Gasteiger partial charge is 0.495 e. The Kier molecular flexibility index (Phi) is 10.8. The third-order valence-electron chi connectivity index (χ3n) is 5.46. The van der Waals surface area contributed by atoms with Gasteiger partial charge in [-0.2, -0.15) is 13.1 Å². The van der Waals surface area contributed by atoms with E-state index in [-0.39, 0.29) is 25.3 Å². The number of amides is 1. The van der Waals surface area contributed by atoms with E-state index < -0.39 is 40.6 Å². The average molecular weight is 813 g/mol. The number of aliphatic hydroxyl groups is 2. The van der Waals surface area contributed by atoms with Gasteiger partial charge in [-0.3, -0.25) is 9.35 Å². The van der Waals surface area contributed by atoms with Gasteiger partial charge in [-0.1, -0.05) is 5.16 Å². The molecule has 1 aliphatic heterocycles. The molecule has 3 atom stereocenters. The van der Waals surface area contributed by atoms with Gasteiger partial charge in [0, 0.05) is 19.5 Å². The van der Waals surface area contributed by atoms with Crippen molar-refractivity contribution in [3.8, 4) is 5.75 Å². The van der Waals surface area contributed by atoms with Crippen LogP contribution < -0.4 is 14.8 Å². The smallest absolute Gasteiger partial charge is 0.333 e. The summed E-state index contributed by atoms with van der Waals surface area (Å²) in [6, 6.07) is 3.11. The molecule has 17 heteroatoms. The zero-order valence-electron chi connectivity index (χ0n) is 19.6. The van der Waals surface area contributed by atoms with Crippen LogP contribution in [0.2, 0.25) is 0 Å². The first-order valence-electron chi connectivity index (χ1n) is 10.8. The number of benzene rings is 1. The molecule has 3 rings (SSSR count). The highest BCUT2D eigenvalue weighted by molar-refractivity contribution is 9.12. The fourth-order valence-corrected chi connectivity index (χ4v) is 7.19. The molecule has 1 amide bonds. The topological polar surface area (TPSA) is 176 Å². The summed E-state index contributed by atoms with van der Waals surface area (Å²) in [5, 5.41) is 27.5. The molecule has 1 aromatic rings. The number of oxime groups is 1. The number of nitrogens with zero attached hydrogens (tertiary/aromatic N) is 1. The number of nitrogens with one attached hydrogen (secondary N) is 2. The number of aliphatic hydroxyl groups excluding tert-OH is 2. The lowest BCUT2D eigenvalue weighted by atomic mass is 9.87. The summed E-state index contributed by atoms with van der Waals surface area (Å²) in [6.45, 7) is 0.101. The van der Waals surface area contributed by atoms with Gasteiger partial charge in [0.2, 0.25) is 0 Å². The van der Waals surface area contributed by atoms with Crippen molar-refractivity contribution in [2.75, 3.05) is 26.8 Å². The Hall–Kier alpha value is -1.05. The maximum absolute atomic E-state index is 12.6. The van der Waals surface area contributed by atoms with Gasteiger partial charge in [0.15, 0.2) is 5.60 Å². The van der Waals surface area contributed by atoms with Crippen molar-refractivity contribution in [1.29, 1.82) is 0 Å². The van der Waals surface area contributed by atoms with Crippen LogP contribution in [0.25, 0.3) is 0 Å². The molecule has 0 saturated heterocycles. The second-order valence-electron chi connectivity index (χ2n) is 8.15. The lowest BCUT2D eigenvalue weighted by molar-refractivity contribution is -0.114. The summed E-state index contributed by atoms with van der Waals surface area (Å²) in [7, 11) is -2.96. The minimum atomic E-state index is -4.43. The average Bonchev–Trinajstić information content (AvgIpc) is 3.26. The minimum Gasteiger partial charge on any atom is -0.495 e. The van der Waals surface area contributed by atoms with Crippen molar-refractivity contribution < 1.29 is 42.3 Å². The molecule has 2 aliphatic rings. The Labute approximate surface area is 252 Å². The molecule has 0 unspecified atom stereocenters. The zero-order chi connectivity index (χ0) is 28.3. The molecule has 1 aliphatic carbocycles. The maximum atomic E-state index is 12.6. The number of ether oxygens (including phenoxy) is 2. The monoisotopic (exact) mass is 809 g/mol. The normalized spacial score (nSPS) is 22.1. The lowest BCUT2D eigenvalue weighted by Crippen LogP contribution is -2.45. The maximum Gasteiger partial charge on any atom is 0.333 e. The summed E-state index contributed by atoms with van der Waals surface area (Å²) in [4.78, 5) is 18.1. The van der Waals surface area contributed by atoms with Crippen molar-refractivity contribution >= 4 is 85.6 Å². The van der Waals surface area contributed by atoms with Gasteiger partial charge in [-0.05, 0) is 93.9 Å². The van der Waals surface area contributed by atoms with E-state index in [9.17, 15) is 23.4 Å². The molecule has 0 bridgehead atoms. The predicted molar refractivity (Wildman–Crippen MR) is 151 cm³/mol. The first-order valence-corrected chi connectivity index (χ1v) is 15.4. The van der Waals surface area contributed by atoms with Gasteiger partial charge in [0.05, 0.1) is 37.7 Å². The molecule has 210 valence electrons. The van der Waals surface area contributed by atoms with Crippen LogP contribution in [0.3, 0.4) is 0 Å². The summed E-state index contributed by atoms with van der Waals surface area (Å²) < 4.78 is 45.1. The molecule has 12 nitrogen and oxygen atoms in total. The first kappa shape index (κ1) is 31.5. The Morgan fingerprint density at radius 3 is 2.55 bits per heavy atom. The van der Waals surface area contributed by atoms with E-state index in [1.807, 2.05) is 4.72 Å². The first-order chi connectivity index (χ1) is 17.8. The molecule has 0 aromatic heterocycles. The highest BCUT2D eigenvalue weighted by Gasteiger charge is 2.50. The predicted octanol–water partition coefficient (Wildman–Crippen LogP) is 2.94. The van der Waals surface area contributed by atoms with Gasteiger partial charge in [-0.15, -0.1) is 0 Å². The molecular weight excluding hydrogens is 790 g/mol. The van der Waals surface area contributed by atoms with Crippen LogP contribution in [0.5, 0.6) is 5.75 Å². The standard InChI is InChI=1S/C21H23Br4N3O9S/c1-35-18-13(24)7-21(19(30)16(18)25)8-14(28-37-21)20(31)26-3-2-4-36-17-11(22)5-10(6-12(17)23)15(29)9-27-38(32,33)34/h5-7,15,19,27,29-30H,2-4,8-9H2,1H3,(H,26,31)(H,32,33,34)/t15-,19+,21-/m1/s1. The van der Waals surface area contributed by atoms with E-state index in [0.29, 0.717) is 41.4 Å². The van der Waals surface area contributed by atoms with E-state index in [2.05, 4.69) is 74.2 Å². The van der Waals surface area contributed by atoms with Crippen molar-refractivity contribution in [1.82, 2.24) is 10.0 Å². The fourth-order valence-electron chi connectivity index (χ4n) is 3.58. The Morgan fingerprint density at radius 1 is 1.29 bits per heavy atom. The van der Waals surface area contributed by atoms with E-state index >= 15 is 0 Å². The summed E-state index contributed by atoms with van der Waals surface area (Å²) >= 11 is 13.4. The van der Waals surface area contributed by atoms with Crippen LogP contribution >= 0.6 is 63.7 Å². The van der Waals surface area contributed by atoms with Gasteiger partial charge < -0.3 is 29.8 Å². The highest BCUT2D eigenvalue weighted by atomic mass is 79.9. The fraction of sp³-hybridized carbons (Fsp3) is 0.429. The Bertz CT molecular complexity index is 1270. The summed E-state index contributed by atoms with van der Waals surface area (Å²) in [5.41, 5.74) is -0.732. The molecule has 0 saturated carbocycles. The van der Waals surface area contributed by atoms with Crippen LogP contribution in [0.1, 0.15) is 24.5 Å². The number of rotatable bonds is 11. The van der Waals surface area contributed by atoms with Crippen LogP contribution in [0.15, 0.2) is 47.0 Å². The van der Waals surface area contributed by atoms with Gasteiger partial charge >= 0.3 is 10.3 Å². The van der Waals surface area contributed by atoms with Crippen LogP contribution in [0.4, 0.5) is 0 Å². The van der Waals surface area contributed by atoms with Crippen molar-refractivity contribution in [2.45, 2.75) is 30.7 Å². The quantitative estimate of drug-likeness (QED) is 0.166. The number of carbonyl (C=O) groups excluding carboxylic acids is 1. The highest BCUT2D eigenvalue weighted by Crippen LogP contribution is 2.44. The van der Waals surface area contributed by atoms with Crippen molar-refractivity contribution in [3.05, 3.63) is 47.4 Å². The van der Waals surface area contributed by atoms with Gasteiger partial charge in [-0.25, -0.2) is 0 Å². The molecule has 5 N–H and O–H groups in total. The number of halogens is 4. The molecule has 1 spiro atoms. The molecule has 1 heterocycles. The van der Waals surface area contributed by atoms with Crippen molar-refractivity contribution in [2.24, 2.45) is 5.16 Å². The molecule has 1 aromatic carbocycles. The second kappa shape index (κ2) is 13.1. The van der Waals surface area contributed by atoms with Crippen LogP contribution in [-0.4, -0.2) is 73.3 Å². The van der Waals surface area contributed by atoms with E-state index in [1.165, 1.54) is 7.11 Å². The molecule has 0 fully saturated rings. The third kappa shape index (κ3) is 7.57. The van der Waals surface area contributed by atoms with Crippen molar-refractivity contribution in [3.63, 3.8) is 0 Å². The van der Waals surface area contributed by atoms with Crippen LogP contribution in [-0.2, 0) is 24.7 Å². The zero-order valence-corrected chi connectivity index (χ0v) is 26.7. The number of hydrogen-bond donors (Lipinski definition) is 5. The third-order valence-corrected chi connectivity index (χ3v) is 8.55. The molecule has 38 heavy (non-hydrogen) atoms. The van der Waals surface area contributed by atoms with Gasteiger partial charge in [0.1, 0.15) is 23.3 Å².